The van der Waals surface area contributed by atoms with Crippen LogP contribution in [0.3, 0.4) is 0 Å². The Morgan fingerprint density at radius 1 is 0.750 bits per heavy atom. The van der Waals surface area contributed by atoms with Gasteiger partial charge in [-0.25, -0.2) is 8.42 Å². The number of hydrogen-bond donors (Lipinski definition) is 1. The summed E-state index contributed by atoms with van der Waals surface area (Å²) in [5.41, 5.74) is 0. The predicted octanol–water partition coefficient (Wildman–Crippen LogP) is 1.77. The number of rotatable bonds is 17. The molecule has 0 aromatic rings. The fraction of sp³-hybridized carbons (Fsp3) is 1.00. The van der Waals surface area contributed by atoms with Gasteiger partial charge < -0.3 is 9.66 Å². The van der Waals surface area contributed by atoms with Gasteiger partial charge in [0.1, 0.15) is 0 Å². The van der Waals surface area contributed by atoms with Crippen molar-refractivity contribution in [3.63, 3.8) is 0 Å². The minimum atomic E-state index is -4.11. The van der Waals surface area contributed by atoms with Gasteiger partial charge in [0, 0.05) is 11.9 Å². The monoisotopic (exact) mass is 372 g/mol. The molecule has 0 radical (unpaired) electrons. The zero-order chi connectivity index (χ0) is 17.4. The van der Waals surface area contributed by atoms with Crippen molar-refractivity contribution in [3.8, 4) is 0 Å². The molecule has 0 aromatic heterocycles. The molecular weight excluding hydrogens is 335 g/mol. The van der Waals surface area contributed by atoms with Gasteiger partial charge in [-0.2, -0.15) is 0 Å². The van der Waals surface area contributed by atoms with Crippen LogP contribution in [0.4, 0.5) is 0 Å². The van der Waals surface area contributed by atoms with Crippen LogP contribution in [0.15, 0.2) is 0 Å². The fourth-order valence-electron chi connectivity index (χ4n) is 3.01. The Morgan fingerprint density at radius 2 is 1.12 bits per heavy atom. The van der Waals surface area contributed by atoms with Crippen LogP contribution in [-0.2, 0) is 10.1 Å². The smallest absolute Gasteiger partial charge is 0.748 e. The normalized spacial score (nSPS) is 12.8. The van der Waals surface area contributed by atoms with Crippen LogP contribution in [0, 0.1) is 0 Å². The molecule has 0 spiro atoms. The van der Waals surface area contributed by atoms with E-state index >= 15 is 0 Å². The van der Waals surface area contributed by atoms with Crippen molar-refractivity contribution in [1.29, 1.82) is 0 Å². The van der Waals surface area contributed by atoms with E-state index < -0.39 is 15.4 Å². The minimum Gasteiger partial charge on any atom is -0.748 e. The quantitative estimate of drug-likeness (QED) is 0.240. The molecule has 0 amide bonds. The van der Waals surface area contributed by atoms with Gasteiger partial charge in [-0.1, -0.05) is 84.0 Å². The Balaban J connectivity index is 0. The van der Waals surface area contributed by atoms with Crippen LogP contribution < -0.4 is 29.6 Å². The van der Waals surface area contributed by atoms with Crippen LogP contribution >= 0.6 is 0 Å². The molecule has 0 aromatic carbocycles. The Morgan fingerprint density at radius 3 is 1.46 bits per heavy atom. The van der Waals surface area contributed by atoms with Crippen LogP contribution in [0.2, 0.25) is 0 Å². The summed E-state index contributed by atoms with van der Waals surface area (Å²) in [6.45, 7) is 2.24. The topological polar surface area (TPSA) is 77.4 Å². The van der Waals surface area contributed by atoms with Gasteiger partial charge >= 0.3 is 29.6 Å². The maximum atomic E-state index is 11.1. The molecule has 0 aliphatic carbocycles. The maximum absolute atomic E-state index is 11.1. The van der Waals surface area contributed by atoms with E-state index in [4.69, 9.17) is 5.11 Å². The number of aliphatic hydroxyl groups is 1. The molecule has 0 fully saturated rings. The van der Waals surface area contributed by atoms with E-state index in [9.17, 15) is 13.0 Å². The number of aliphatic hydroxyl groups excluding tert-OH is 1. The molecule has 0 aliphatic rings. The average Bonchev–Trinajstić information content (AvgIpc) is 2.49. The first-order chi connectivity index (χ1) is 11.0. The van der Waals surface area contributed by atoms with Crippen LogP contribution in [-0.4, -0.2) is 29.9 Å². The molecule has 0 saturated carbocycles. The molecule has 24 heavy (non-hydrogen) atoms. The zero-order valence-electron chi connectivity index (χ0n) is 16.0. The molecule has 0 bridgehead atoms. The van der Waals surface area contributed by atoms with Crippen LogP contribution in [0.5, 0.6) is 0 Å². The molecule has 1 N–H and O–H groups in total. The van der Waals surface area contributed by atoms with E-state index in [0.717, 1.165) is 38.5 Å². The summed E-state index contributed by atoms with van der Waals surface area (Å²) in [7, 11) is -4.11. The summed E-state index contributed by atoms with van der Waals surface area (Å²) in [6, 6.07) is 0. The van der Waals surface area contributed by atoms with Gasteiger partial charge in [0.2, 0.25) is 0 Å². The zero-order valence-corrected chi connectivity index (χ0v) is 18.8. The molecule has 0 saturated heterocycles. The Bertz CT molecular complexity index is 347. The summed E-state index contributed by atoms with van der Waals surface area (Å²) in [6.07, 6.45) is 15.8. The summed E-state index contributed by atoms with van der Waals surface area (Å²) in [5.74, 6) is 0. The second-order valence-electron chi connectivity index (χ2n) is 6.66. The minimum absolute atomic E-state index is 0. The van der Waals surface area contributed by atoms with E-state index in [0.29, 0.717) is 19.4 Å². The van der Waals surface area contributed by atoms with Crippen molar-refractivity contribution >= 4 is 10.1 Å². The van der Waals surface area contributed by atoms with Gasteiger partial charge in [0.15, 0.2) is 0 Å². The Labute approximate surface area is 172 Å². The van der Waals surface area contributed by atoms with Crippen molar-refractivity contribution in [1.82, 2.24) is 0 Å². The summed E-state index contributed by atoms with van der Waals surface area (Å²) in [4.78, 5) is 0. The molecule has 1 unspecified atom stereocenters. The van der Waals surface area contributed by atoms with E-state index in [2.05, 4.69) is 0 Å². The van der Waals surface area contributed by atoms with E-state index in [1.165, 1.54) is 44.9 Å². The molecular formula is C18H37NaO4S. The van der Waals surface area contributed by atoms with E-state index in [1.807, 2.05) is 6.92 Å². The largest absolute Gasteiger partial charge is 1.00 e. The second kappa shape index (κ2) is 18.7. The number of hydrogen-bond acceptors (Lipinski definition) is 4. The SMILES string of the molecule is CCCC(CCCCCCCCCCCCCCO)S(=O)(=O)[O-].[Na+]. The third kappa shape index (κ3) is 17.7. The molecule has 0 rings (SSSR count). The van der Waals surface area contributed by atoms with Gasteiger partial charge in [-0.05, 0) is 19.3 Å². The summed E-state index contributed by atoms with van der Waals surface area (Å²) >= 11 is 0. The first-order valence-electron chi connectivity index (χ1n) is 9.58. The van der Waals surface area contributed by atoms with Crippen LogP contribution in [0.1, 0.15) is 103 Å². The standard InChI is InChI=1S/C18H38O4S.Na/c1-2-15-18(23(20,21)22)16-13-11-9-7-5-3-4-6-8-10-12-14-17-19;/h18-19H,2-17H2,1H3,(H,20,21,22);/q;+1/p-1. The van der Waals surface area contributed by atoms with E-state index in [1.54, 1.807) is 0 Å². The molecule has 0 aliphatic heterocycles. The second-order valence-corrected chi connectivity index (χ2v) is 8.31. The van der Waals surface area contributed by atoms with Gasteiger partial charge in [0.25, 0.3) is 0 Å². The summed E-state index contributed by atoms with van der Waals surface area (Å²) < 4.78 is 33.3. The maximum Gasteiger partial charge on any atom is 1.00 e. The molecule has 4 nitrogen and oxygen atoms in total. The third-order valence-electron chi connectivity index (χ3n) is 4.45. The fourth-order valence-corrected chi connectivity index (χ4v) is 3.99. The third-order valence-corrected chi connectivity index (χ3v) is 5.74. The Hall–Kier alpha value is 0.870. The van der Waals surface area contributed by atoms with E-state index in [-0.39, 0.29) is 29.6 Å². The van der Waals surface area contributed by atoms with Crippen molar-refractivity contribution in [2.24, 2.45) is 0 Å². The number of unbranched alkanes of at least 4 members (excludes halogenated alkanes) is 11. The van der Waals surface area contributed by atoms with Gasteiger partial charge in [-0.15, -0.1) is 0 Å². The van der Waals surface area contributed by atoms with Crippen molar-refractivity contribution in [2.45, 2.75) is 108 Å². The molecule has 0 heterocycles. The van der Waals surface area contributed by atoms with Crippen molar-refractivity contribution < 1.29 is 47.6 Å². The van der Waals surface area contributed by atoms with Crippen LogP contribution in [0.25, 0.3) is 0 Å². The molecule has 6 heteroatoms. The molecule has 140 valence electrons. The van der Waals surface area contributed by atoms with Crippen molar-refractivity contribution in [3.05, 3.63) is 0 Å². The van der Waals surface area contributed by atoms with Gasteiger partial charge in [0.05, 0.1) is 10.1 Å². The molecule has 1 atom stereocenters. The first-order valence-corrected chi connectivity index (χ1v) is 11.0. The Kier molecular flexibility index (Phi) is 21.1. The van der Waals surface area contributed by atoms with Crippen molar-refractivity contribution in [2.75, 3.05) is 6.61 Å². The van der Waals surface area contributed by atoms with Gasteiger partial charge in [-0.3, -0.25) is 0 Å². The predicted molar refractivity (Wildman–Crippen MR) is 95.5 cm³/mol. The average molecular weight is 373 g/mol. The summed E-state index contributed by atoms with van der Waals surface area (Å²) in [5, 5.41) is 8.01. The first kappa shape index (κ1) is 27.1.